The zero-order valence-electron chi connectivity index (χ0n) is 8.91. The SMILES string of the molecule is CC(=O)Oc1ccccc1OC(C)(C)Br. The van der Waals surface area contributed by atoms with Crippen LogP contribution in [0.3, 0.4) is 0 Å². The first-order valence-corrected chi connectivity index (χ1v) is 5.33. The van der Waals surface area contributed by atoms with Crippen LogP contribution in [-0.4, -0.2) is 10.5 Å². The Kier molecular flexibility index (Phi) is 3.74. The van der Waals surface area contributed by atoms with Crippen LogP contribution in [0.4, 0.5) is 0 Å². The predicted molar refractivity (Wildman–Crippen MR) is 61.4 cm³/mol. The topological polar surface area (TPSA) is 35.5 Å². The maximum Gasteiger partial charge on any atom is 0.308 e. The molecule has 4 heteroatoms. The monoisotopic (exact) mass is 272 g/mol. The van der Waals surface area contributed by atoms with Gasteiger partial charge in [0.2, 0.25) is 0 Å². The van der Waals surface area contributed by atoms with Gasteiger partial charge in [0.25, 0.3) is 0 Å². The number of benzene rings is 1. The highest BCUT2D eigenvalue weighted by molar-refractivity contribution is 9.10. The van der Waals surface area contributed by atoms with Crippen molar-refractivity contribution in [3.8, 4) is 11.5 Å². The van der Waals surface area contributed by atoms with Gasteiger partial charge < -0.3 is 9.47 Å². The molecule has 0 atom stereocenters. The van der Waals surface area contributed by atoms with Gasteiger partial charge in [0.05, 0.1) is 0 Å². The predicted octanol–water partition coefficient (Wildman–Crippen LogP) is 3.12. The van der Waals surface area contributed by atoms with E-state index < -0.39 is 4.51 Å². The molecule has 0 unspecified atom stereocenters. The summed E-state index contributed by atoms with van der Waals surface area (Å²) >= 11 is 3.35. The fourth-order valence-electron chi connectivity index (χ4n) is 1.04. The summed E-state index contributed by atoms with van der Waals surface area (Å²) in [4.78, 5) is 10.8. The Morgan fingerprint density at radius 1 is 1.27 bits per heavy atom. The molecule has 82 valence electrons. The zero-order chi connectivity index (χ0) is 11.5. The average Bonchev–Trinajstić information content (AvgIpc) is 2.05. The first-order chi connectivity index (χ1) is 6.88. The molecule has 0 spiro atoms. The summed E-state index contributed by atoms with van der Waals surface area (Å²) < 4.78 is 10.1. The van der Waals surface area contributed by atoms with Crippen molar-refractivity contribution in [2.45, 2.75) is 25.3 Å². The van der Waals surface area contributed by atoms with Gasteiger partial charge in [-0.3, -0.25) is 4.79 Å². The lowest BCUT2D eigenvalue weighted by molar-refractivity contribution is -0.132. The molecule has 0 saturated carbocycles. The van der Waals surface area contributed by atoms with E-state index in [0.29, 0.717) is 11.5 Å². The van der Waals surface area contributed by atoms with Crippen LogP contribution in [0.1, 0.15) is 20.8 Å². The summed E-state index contributed by atoms with van der Waals surface area (Å²) in [6, 6.07) is 7.05. The molecule has 15 heavy (non-hydrogen) atoms. The lowest BCUT2D eigenvalue weighted by Gasteiger charge is -2.20. The maximum absolute atomic E-state index is 10.8. The molecule has 0 N–H and O–H groups in total. The van der Waals surface area contributed by atoms with Gasteiger partial charge in [0, 0.05) is 6.92 Å². The van der Waals surface area contributed by atoms with Crippen LogP contribution >= 0.6 is 15.9 Å². The summed E-state index contributed by atoms with van der Waals surface area (Å²) in [6.45, 7) is 5.07. The third kappa shape index (κ3) is 4.34. The van der Waals surface area contributed by atoms with Crippen molar-refractivity contribution in [2.24, 2.45) is 0 Å². The number of hydrogen-bond donors (Lipinski definition) is 0. The Bertz CT molecular complexity index is 355. The third-order valence-electron chi connectivity index (χ3n) is 1.46. The van der Waals surface area contributed by atoms with Crippen LogP contribution in [0.2, 0.25) is 0 Å². The number of rotatable bonds is 3. The quantitative estimate of drug-likeness (QED) is 0.482. The molecule has 0 amide bonds. The Morgan fingerprint density at radius 3 is 2.27 bits per heavy atom. The zero-order valence-corrected chi connectivity index (χ0v) is 10.5. The van der Waals surface area contributed by atoms with Crippen LogP contribution in [0, 0.1) is 0 Å². The number of alkyl halides is 1. The van der Waals surface area contributed by atoms with Gasteiger partial charge in [0.1, 0.15) is 0 Å². The molecular formula is C11H13BrO3. The highest BCUT2D eigenvalue weighted by atomic mass is 79.9. The van der Waals surface area contributed by atoms with Crippen LogP contribution in [0.5, 0.6) is 11.5 Å². The van der Waals surface area contributed by atoms with Gasteiger partial charge in [0.15, 0.2) is 16.0 Å². The molecule has 0 aliphatic heterocycles. The summed E-state index contributed by atoms with van der Waals surface area (Å²) in [5.41, 5.74) is 0. The highest BCUT2D eigenvalue weighted by Crippen LogP contribution is 2.31. The van der Waals surface area contributed by atoms with E-state index >= 15 is 0 Å². The van der Waals surface area contributed by atoms with Gasteiger partial charge in [-0.2, -0.15) is 0 Å². The van der Waals surface area contributed by atoms with E-state index in [1.54, 1.807) is 18.2 Å². The number of hydrogen-bond acceptors (Lipinski definition) is 3. The number of esters is 1. The minimum absolute atomic E-state index is 0.363. The second-order valence-electron chi connectivity index (χ2n) is 3.51. The molecule has 1 aromatic rings. The lowest BCUT2D eigenvalue weighted by atomic mass is 10.3. The molecule has 0 saturated heterocycles. The van der Waals surface area contributed by atoms with Gasteiger partial charge in [-0.25, -0.2) is 0 Å². The van der Waals surface area contributed by atoms with Crippen molar-refractivity contribution >= 4 is 21.9 Å². The summed E-state index contributed by atoms with van der Waals surface area (Å²) in [5, 5.41) is 0. The van der Waals surface area contributed by atoms with Crippen molar-refractivity contribution < 1.29 is 14.3 Å². The second-order valence-corrected chi connectivity index (χ2v) is 5.42. The minimum Gasteiger partial charge on any atom is -0.473 e. The van der Waals surface area contributed by atoms with Gasteiger partial charge in [-0.15, -0.1) is 0 Å². The Labute approximate surface area is 97.5 Å². The number of halogens is 1. The van der Waals surface area contributed by atoms with Crippen LogP contribution in [0.15, 0.2) is 24.3 Å². The lowest BCUT2D eigenvalue weighted by Crippen LogP contribution is -2.19. The normalized spacial score (nSPS) is 10.9. The van der Waals surface area contributed by atoms with E-state index in [4.69, 9.17) is 9.47 Å². The van der Waals surface area contributed by atoms with E-state index in [1.165, 1.54) is 6.92 Å². The van der Waals surface area contributed by atoms with Crippen molar-refractivity contribution in [1.29, 1.82) is 0 Å². The molecule has 1 aromatic carbocycles. The van der Waals surface area contributed by atoms with Crippen molar-refractivity contribution in [1.82, 2.24) is 0 Å². The van der Waals surface area contributed by atoms with Crippen molar-refractivity contribution in [2.75, 3.05) is 0 Å². The fraction of sp³-hybridized carbons (Fsp3) is 0.364. The average molecular weight is 273 g/mol. The molecule has 0 aliphatic rings. The molecule has 0 aliphatic carbocycles. The first-order valence-electron chi connectivity index (χ1n) is 4.54. The number of carbonyl (C=O) groups is 1. The largest absolute Gasteiger partial charge is 0.473 e. The third-order valence-corrected chi connectivity index (χ3v) is 1.62. The molecule has 0 aromatic heterocycles. The van der Waals surface area contributed by atoms with Crippen LogP contribution in [0.25, 0.3) is 0 Å². The van der Waals surface area contributed by atoms with Crippen LogP contribution in [-0.2, 0) is 4.79 Å². The Balaban J connectivity index is 2.91. The number of carbonyl (C=O) groups excluding carboxylic acids is 1. The summed E-state index contributed by atoms with van der Waals surface area (Å²) in [7, 11) is 0. The molecule has 1 rings (SSSR count). The molecule has 3 nitrogen and oxygen atoms in total. The smallest absolute Gasteiger partial charge is 0.308 e. The Hall–Kier alpha value is -1.03. The first kappa shape index (κ1) is 12.0. The molecule has 0 heterocycles. The standard InChI is InChI=1S/C11H13BrO3/c1-8(13)14-9-6-4-5-7-10(9)15-11(2,3)12/h4-7H,1-3H3. The summed E-state index contributed by atoms with van der Waals surface area (Å²) in [6.07, 6.45) is 0. The van der Waals surface area contributed by atoms with Crippen molar-refractivity contribution in [3.05, 3.63) is 24.3 Å². The molecule has 0 fully saturated rings. The van der Waals surface area contributed by atoms with E-state index in [0.717, 1.165) is 0 Å². The second kappa shape index (κ2) is 4.66. The number of para-hydroxylation sites is 2. The van der Waals surface area contributed by atoms with Crippen LogP contribution < -0.4 is 9.47 Å². The van der Waals surface area contributed by atoms with E-state index in [1.807, 2.05) is 19.9 Å². The maximum atomic E-state index is 10.8. The van der Waals surface area contributed by atoms with Crippen molar-refractivity contribution in [3.63, 3.8) is 0 Å². The van der Waals surface area contributed by atoms with E-state index in [9.17, 15) is 4.79 Å². The van der Waals surface area contributed by atoms with Gasteiger partial charge in [-0.05, 0) is 41.9 Å². The molecule has 0 radical (unpaired) electrons. The van der Waals surface area contributed by atoms with Gasteiger partial charge in [-0.1, -0.05) is 12.1 Å². The number of ether oxygens (including phenoxy) is 2. The molecular weight excluding hydrogens is 260 g/mol. The van der Waals surface area contributed by atoms with E-state index in [-0.39, 0.29) is 5.97 Å². The minimum atomic E-state index is -0.497. The van der Waals surface area contributed by atoms with E-state index in [2.05, 4.69) is 15.9 Å². The van der Waals surface area contributed by atoms with Gasteiger partial charge >= 0.3 is 5.97 Å². The fourth-order valence-corrected chi connectivity index (χ4v) is 1.21. The summed E-state index contributed by atoms with van der Waals surface area (Å²) in [5.74, 6) is 0.602. The molecule has 0 bridgehead atoms. The highest BCUT2D eigenvalue weighted by Gasteiger charge is 2.17. The Morgan fingerprint density at radius 2 is 1.80 bits per heavy atom.